The highest BCUT2D eigenvalue weighted by molar-refractivity contribution is 7.23. The molecule has 1 atom stereocenters. The fourth-order valence-corrected chi connectivity index (χ4v) is 7.70. The summed E-state index contributed by atoms with van der Waals surface area (Å²) >= 11 is 3.18. The number of nitrogens with two attached hydrogens (primary N) is 1. The van der Waals surface area contributed by atoms with Gasteiger partial charge in [-0.15, -0.1) is 22.7 Å². The molecular formula is C28H30N4O2S2. The molecule has 0 bridgehead atoms. The second-order valence-electron chi connectivity index (χ2n) is 10.5. The second-order valence-corrected chi connectivity index (χ2v) is 12.5. The Labute approximate surface area is 218 Å². The average molecular weight is 519 g/mol. The van der Waals surface area contributed by atoms with Crippen LogP contribution in [0.3, 0.4) is 0 Å². The van der Waals surface area contributed by atoms with Crippen molar-refractivity contribution in [1.29, 1.82) is 0 Å². The molecule has 1 saturated carbocycles. The van der Waals surface area contributed by atoms with Crippen LogP contribution in [-0.2, 0) is 11.1 Å². The molecule has 4 aromatic rings. The van der Waals surface area contributed by atoms with Crippen LogP contribution in [0.1, 0.15) is 43.2 Å². The first-order valence-electron chi connectivity index (χ1n) is 12.3. The number of aromatic nitrogens is 2. The highest BCUT2D eigenvalue weighted by Crippen LogP contribution is 2.47. The second kappa shape index (κ2) is 8.83. The Bertz CT molecular complexity index is 1360. The van der Waals surface area contributed by atoms with Crippen LogP contribution in [0.5, 0.6) is 0 Å². The van der Waals surface area contributed by atoms with Gasteiger partial charge in [-0.05, 0) is 50.3 Å². The summed E-state index contributed by atoms with van der Waals surface area (Å²) in [6.07, 6.45) is 4.61. The van der Waals surface area contributed by atoms with Crippen LogP contribution in [-0.4, -0.2) is 38.9 Å². The van der Waals surface area contributed by atoms with Crippen LogP contribution in [0.25, 0.3) is 31.6 Å². The van der Waals surface area contributed by atoms with Gasteiger partial charge in [-0.2, -0.15) is 0 Å². The van der Waals surface area contributed by atoms with Gasteiger partial charge in [-0.25, -0.2) is 9.97 Å². The van der Waals surface area contributed by atoms with Crippen molar-refractivity contribution in [3.8, 4) is 31.6 Å². The number of thiazole rings is 2. The van der Waals surface area contributed by atoms with Crippen molar-refractivity contribution >= 4 is 22.7 Å². The fourth-order valence-electron chi connectivity index (χ4n) is 5.54. The molecule has 5 N–H and O–H groups in total. The van der Waals surface area contributed by atoms with Gasteiger partial charge in [0.2, 0.25) is 0 Å². The zero-order chi connectivity index (χ0) is 25.0. The van der Waals surface area contributed by atoms with Crippen molar-refractivity contribution in [1.82, 2.24) is 15.3 Å². The summed E-state index contributed by atoms with van der Waals surface area (Å²) in [6, 6.07) is 18.6. The third-order valence-corrected chi connectivity index (χ3v) is 9.73. The Morgan fingerprint density at radius 3 is 2.39 bits per heavy atom. The van der Waals surface area contributed by atoms with E-state index in [1.807, 2.05) is 31.3 Å². The van der Waals surface area contributed by atoms with E-state index in [0.29, 0.717) is 19.4 Å². The number of benzene rings is 2. The van der Waals surface area contributed by atoms with Crippen LogP contribution in [0.2, 0.25) is 0 Å². The molecular weight excluding hydrogens is 488 g/mol. The van der Waals surface area contributed by atoms with E-state index in [1.165, 1.54) is 11.3 Å². The molecule has 6 nitrogen and oxygen atoms in total. The number of aliphatic hydroxyl groups is 2. The van der Waals surface area contributed by atoms with E-state index in [-0.39, 0.29) is 0 Å². The summed E-state index contributed by atoms with van der Waals surface area (Å²) in [5.41, 5.74) is 8.58. The zero-order valence-corrected chi connectivity index (χ0v) is 21.8. The molecule has 2 fully saturated rings. The summed E-state index contributed by atoms with van der Waals surface area (Å²) in [5, 5.41) is 26.2. The number of β-amino-alcohol motifs (C(OH)–C–C–N with tert-alkyl or cyclic N) is 1. The summed E-state index contributed by atoms with van der Waals surface area (Å²) in [5.74, 6) is 0. The largest absolute Gasteiger partial charge is 0.390 e. The van der Waals surface area contributed by atoms with Crippen molar-refractivity contribution in [2.75, 3.05) is 13.1 Å². The van der Waals surface area contributed by atoms with Crippen molar-refractivity contribution < 1.29 is 10.2 Å². The lowest BCUT2D eigenvalue weighted by Crippen LogP contribution is -2.58. The van der Waals surface area contributed by atoms with Crippen LogP contribution in [0, 0.1) is 0 Å². The summed E-state index contributed by atoms with van der Waals surface area (Å²) in [4.78, 5) is 11.7. The number of piperidine rings is 1. The molecule has 2 aromatic heterocycles. The molecule has 36 heavy (non-hydrogen) atoms. The third kappa shape index (κ3) is 4.32. The van der Waals surface area contributed by atoms with Crippen LogP contribution < -0.4 is 11.1 Å². The summed E-state index contributed by atoms with van der Waals surface area (Å²) in [7, 11) is 0. The maximum atomic E-state index is 11.1. The van der Waals surface area contributed by atoms with Gasteiger partial charge in [-0.3, -0.25) is 0 Å². The van der Waals surface area contributed by atoms with Crippen molar-refractivity contribution in [2.45, 2.75) is 49.3 Å². The topological polar surface area (TPSA) is 104 Å². The molecule has 1 saturated heterocycles. The van der Waals surface area contributed by atoms with Gasteiger partial charge in [0, 0.05) is 23.8 Å². The molecule has 6 rings (SSSR count). The smallest absolute Gasteiger partial charge is 0.136 e. The van der Waals surface area contributed by atoms with Gasteiger partial charge in [-0.1, -0.05) is 54.6 Å². The first-order chi connectivity index (χ1) is 17.2. The van der Waals surface area contributed by atoms with E-state index in [1.54, 1.807) is 11.3 Å². The van der Waals surface area contributed by atoms with Gasteiger partial charge in [0.15, 0.2) is 0 Å². The quantitative estimate of drug-likeness (QED) is 0.301. The minimum atomic E-state index is -0.913. The fraction of sp³-hybridized carbons (Fsp3) is 0.357. The normalized spacial score (nSPS) is 28.1. The van der Waals surface area contributed by atoms with Crippen LogP contribution in [0.4, 0.5) is 0 Å². The minimum Gasteiger partial charge on any atom is -0.390 e. The van der Waals surface area contributed by atoms with Crippen LogP contribution >= 0.6 is 22.7 Å². The lowest BCUT2D eigenvalue weighted by molar-refractivity contribution is -0.0738. The predicted molar refractivity (Wildman–Crippen MR) is 146 cm³/mol. The van der Waals surface area contributed by atoms with Gasteiger partial charge in [0.05, 0.1) is 21.0 Å². The molecule has 3 heterocycles. The number of rotatable bonds is 5. The van der Waals surface area contributed by atoms with E-state index in [4.69, 9.17) is 10.7 Å². The van der Waals surface area contributed by atoms with E-state index in [0.717, 1.165) is 61.5 Å². The Hall–Kier alpha value is -2.46. The predicted octanol–water partition coefficient (Wildman–Crippen LogP) is 4.87. The maximum absolute atomic E-state index is 11.1. The highest BCUT2D eigenvalue weighted by Gasteiger charge is 2.49. The molecule has 0 radical (unpaired) electrons. The Morgan fingerprint density at radius 2 is 1.72 bits per heavy atom. The Morgan fingerprint density at radius 1 is 0.972 bits per heavy atom. The number of nitrogens with one attached hydrogen (secondary N) is 1. The molecule has 8 heteroatoms. The van der Waals surface area contributed by atoms with Gasteiger partial charge < -0.3 is 21.3 Å². The first-order valence-corrected chi connectivity index (χ1v) is 14.0. The van der Waals surface area contributed by atoms with Crippen molar-refractivity contribution in [2.24, 2.45) is 5.73 Å². The van der Waals surface area contributed by atoms with E-state index in [9.17, 15) is 10.2 Å². The SMILES string of the molecule is C[C@]1(O)C[C@@](N)(c2ccc(-c3nc(-c4cnc(C5(O)CCCNC5)s4)sc3-c3ccccc3)cc2)C1. The molecule has 1 unspecified atom stereocenters. The number of nitrogens with zero attached hydrogens (tertiary/aromatic N) is 2. The molecule has 2 aliphatic rings. The number of hydrogen-bond donors (Lipinski definition) is 4. The zero-order valence-electron chi connectivity index (χ0n) is 20.2. The van der Waals surface area contributed by atoms with Gasteiger partial charge in [0.25, 0.3) is 0 Å². The monoisotopic (exact) mass is 518 g/mol. The lowest BCUT2D eigenvalue weighted by Gasteiger charge is -2.49. The molecule has 186 valence electrons. The maximum Gasteiger partial charge on any atom is 0.136 e. The molecule has 0 spiro atoms. The van der Waals surface area contributed by atoms with Gasteiger partial charge in [0.1, 0.15) is 15.6 Å². The third-order valence-electron chi connectivity index (χ3n) is 7.26. The first kappa shape index (κ1) is 23.9. The lowest BCUT2D eigenvalue weighted by atomic mass is 9.63. The summed E-state index contributed by atoms with van der Waals surface area (Å²) < 4.78 is 0. The van der Waals surface area contributed by atoms with Crippen molar-refractivity contribution in [3.63, 3.8) is 0 Å². The van der Waals surface area contributed by atoms with E-state index in [2.05, 4.69) is 46.7 Å². The Balaban J connectivity index is 1.36. The van der Waals surface area contributed by atoms with Crippen LogP contribution in [0.15, 0.2) is 60.8 Å². The van der Waals surface area contributed by atoms with E-state index >= 15 is 0 Å². The Kier molecular flexibility index (Phi) is 5.87. The average Bonchev–Trinajstić information content (AvgIpc) is 3.52. The minimum absolute atomic E-state index is 0.481. The molecule has 0 amide bonds. The van der Waals surface area contributed by atoms with Gasteiger partial charge >= 0.3 is 0 Å². The highest BCUT2D eigenvalue weighted by atomic mass is 32.1. The molecule has 1 aliphatic heterocycles. The molecule has 1 aliphatic carbocycles. The number of hydrogen-bond acceptors (Lipinski definition) is 8. The summed E-state index contributed by atoms with van der Waals surface area (Å²) in [6.45, 7) is 3.30. The molecule has 2 aromatic carbocycles. The van der Waals surface area contributed by atoms with Crippen molar-refractivity contribution in [3.05, 3.63) is 71.4 Å². The standard InChI is InChI=1S/C28H30N4O2S2/c1-26(33)15-27(29,16-26)20-10-8-18(9-11-20)22-23(19-6-3-2-4-7-19)36-24(32-22)21-14-31-25(35-21)28(34)12-5-13-30-17-28/h2-4,6-11,14,30,33-34H,5,12-13,15-17,29H2,1H3/t26-,27-,28?. The van der Waals surface area contributed by atoms with E-state index < -0.39 is 16.7 Å².